The molecule has 0 fully saturated rings. The molecule has 0 saturated carbocycles. The predicted molar refractivity (Wildman–Crippen MR) is 142 cm³/mol. The summed E-state index contributed by atoms with van der Waals surface area (Å²) in [6.07, 6.45) is 3.43. The molecule has 2 aromatic carbocycles. The SMILES string of the molecule is C=CCn1c(SCC(=O)N(c2ccc(Nc3ccccc3)cc2)C(C)C)nnc1-c1ccoc1C. The Morgan fingerprint density at radius 2 is 1.83 bits per heavy atom. The number of aromatic nitrogens is 3. The zero-order chi connectivity index (χ0) is 24.8. The lowest BCUT2D eigenvalue weighted by atomic mass is 10.2. The van der Waals surface area contributed by atoms with Crippen molar-refractivity contribution in [1.29, 1.82) is 0 Å². The third-order valence-electron chi connectivity index (χ3n) is 5.45. The Kier molecular flexibility index (Phi) is 7.72. The van der Waals surface area contributed by atoms with Gasteiger partial charge in [0, 0.05) is 29.6 Å². The lowest BCUT2D eigenvalue weighted by Gasteiger charge is -2.27. The number of thioether (sulfide) groups is 1. The number of carbonyl (C=O) groups excluding carboxylic acids is 1. The van der Waals surface area contributed by atoms with Crippen molar-refractivity contribution in [2.75, 3.05) is 16.0 Å². The van der Waals surface area contributed by atoms with Crippen molar-refractivity contribution in [1.82, 2.24) is 14.8 Å². The summed E-state index contributed by atoms with van der Waals surface area (Å²) >= 11 is 1.37. The number of nitrogens with zero attached hydrogens (tertiary/aromatic N) is 4. The first-order chi connectivity index (χ1) is 17.0. The number of carbonyl (C=O) groups is 1. The molecule has 0 aliphatic rings. The van der Waals surface area contributed by atoms with Gasteiger partial charge in [0.25, 0.3) is 0 Å². The van der Waals surface area contributed by atoms with Gasteiger partial charge in [-0.2, -0.15) is 0 Å². The molecule has 180 valence electrons. The lowest BCUT2D eigenvalue weighted by Crippen LogP contribution is -2.38. The van der Waals surface area contributed by atoms with Crippen molar-refractivity contribution >= 4 is 34.7 Å². The minimum absolute atomic E-state index is 0.00274. The van der Waals surface area contributed by atoms with Crippen LogP contribution in [0, 0.1) is 6.92 Å². The second-order valence-corrected chi connectivity index (χ2v) is 9.22. The number of aryl methyl sites for hydroxylation is 1. The minimum atomic E-state index is 0.00274. The maximum absolute atomic E-state index is 13.3. The maximum Gasteiger partial charge on any atom is 0.237 e. The first-order valence-electron chi connectivity index (χ1n) is 11.4. The molecule has 0 aliphatic carbocycles. The molecule has 35 heavy (non-hydrogen) atoms. The molecule has 4 rings (SSSR count). The molecule has 1 N–H and O–H groups in total. The zero-order valence-corrected chi connectivity index (χ0v) is 21.0. The van der Waals surface area contributed by atoms with Gasteiger partial charge in [0.2, 0.25) is 5.91 Å². The Morgan fingerprint density at radius 3 is 2.46 bits per heavy atom. The van der Waals surface area contributed by atoms with Crippen LogP contribution in [0.5, 0.6) is 0 Å². The van der Waals surface area contributed by atoms with E-state index in [1.54, 1.807) is 12.3 Å². The third-order valence-corrected chi connectivity index (χ3v) is 6.40. The third kappa shape index (κ3) is 5.66. The summed E-state index contributed by atoms with van der Waals surface area (Å²) in [5, 5.41) is 12.7. The summed E-state index contributed by atoms with van der Waals surface area (Å²) in [5.74, 6) is 1.71. The summed E-state index contributed by atoms with van der Waals surface area (Å²) < 4.78 is 7.38. The number of furan rings is 1. The summed E-state index contributed by atoms with van der Waals surface area (Å²) in [5.41, 5.74) is 3.71. The van der Waals surface area contributed by atoms with Crippen LogP contribution in [-0.2, 0) is 11.3 Å². The number of hydrogen-bond donors (Lipinski definition) is 1. The largest absolute Gasteiger partial charge is 0.469 e. The highest BCUT2D eigenvalue weighted by molar-refractivity contribution is 7.99. The van der Waals surface area contributed by atoms with Gasteiger partial charge in [-0.1, -0.05) is 36.0 Å². The van der Waals surface area contributed by atoms with Gasteiger partial charge in [-0.15, -0.1) is 16.8 Å². The topological polar surface area (TPSA) is 76.2 Å². The number of anilines is 3. The Labute approximate surface area is 209 Å². The van der Waals surface area contributed by atoms with E-state index in [2.05, 4.69) is 22.1 Å². The predicted octanol–water partition coefficient (Wildman–Crippen LogP) is 6.31. The fraction of sp³-hybridized carbons (Fsp3) is 0.222. The molecule has 7 nitrogen and oxygen atoms in total. The molecule has 0 atom stereocenters. The summed E-state index contributed by atoms with van der Waals surface area (Å²) in [4.78, 5) is 15.1. The van der Waals surface area contributed by atoms with Crippen LogP contribution in [-0.4, -0.2) is 32.5 Å². The van der Waals surface area contributed by atoms with Crippen LogP contribution in [0.3, 0.4) is 0 Å². The number of hydrogen-bond acceptors (Lipinski definition) is 6. The molecule has 4 aromatic rings. The molecule has 1 amide bonds. The molecule has 0 radical (unpaired) electrons. The first-order valence-corrected chi connectivity index (χ1v) is 12.4. The van der Waals surface area contributed by atoms with Crippen LogP contribution in [0.2, 0.25) is 0 Å². The van der Waals surface area contributed by atoms with Crippen molar-refractivity contribution in [3.63, 3.8) is 0 Å². The van der Waals surface area contributed by atoms with Crippen LogP contribution < -0.4 is 10.2 Å². The van der Waals surface area contributed by atoms with Crippen LogP contribution in [0.4, 0.5) is 17.1 Å². The van der Waals surface area contributed by atoms with E-state index in [1.807, 2.05) is 90.9 Å². The summed E-state index contributed by atoms with van der Waals surface area (Å²) in [7, 11) is 0. The van der Waals surface area contributed by atoms with Crippen LogP contribution in [0.1, 0.15) is 19.6 Å². The molecular formula is C27H29N5O2S. The van der Waals surface area contributed by atoms with Gasteiger partial charge >= 0.3 is 0 Å². The number of para-hydroxylation sites is 1. The van der Waals surface area contributed by atoms with E-state index in [-0.39, 0.29) is 17.7 Å². The molecule has 0 bridgehead atoms. The van der Waals surface area contributed by atoms with E-state index < -0.39 is 0 Å². The normalized spacial score (nSPS) is 11.0. The Bertz CT molecular complexity index is 1280. The van der Waals surface area contributed by atoms with E-state index in [9.17, 15) is 4.79 Å². The molecule has 8 heteroatoms. The van der Waals surface area contributed by atoms with Gasteiger partial charge in [0.15, 0.2) is 11.0 Å². The fourth-order valence-electron chi connectivity index (χ4n) is 3.82. The van der Waals surface area contributed by atoms with Gasteiger partial charge in [0.05, 0.1) is 17.6 Å². The summed E-state index contributed by atoms with van der Waals surface area (Å²) in [6.45, 7) is 10.3. The molecule has 0 spiro atoms. The van der Waals surface area contributed by atoms with Crippen molar-refractivity contribution in [3.05, 3.63) is 85.3 Å². The lowest BCUT2D eigenvalue weighted by molar-refractivity contribution is -0.116. The van der Waals surface area contributed by atoms with E-state index in [0.717, 1.165) is 28.4 Å². The smallest absolute Gasteiger partial charge is 0.237 e. The molecule has 2 heterocycles. The standard InChI is InChI=1S/C27H29N5O2S/c1-5-16-31-26(24-15-17-34-20(24)4)29-30-27(31)35-18-25(33)32(19(2)3)23-13-11-22(12-14-23)28-21-9-7-6-8-10-21/h5-15,17,19,28H,1,16,18H2,2-4H3. The highest BCUT2D eigenvalue weighted by atomic mass is 32.2. The second kappa shape index (κ2) is 11.1. The Morgan fingerprint density at radius 1 is 1.11 bits per heavy atom. The number of amides is 1. The molecule has 0 saturated heterocycles. The van der Waals surface area contributed by atoms with Gasteiger partial charge < -0.3 is 14.6 Å². The van der Waals surface area contributed by atoms with Crippen LogP contribution in [0.25, 0.3) is 11.4 Å². The van der Waals surface area contributed by atoms with Crippen LogP contribution >= 0.6 is 11.8 Å². The fourth-order valence-corrected chi connectivity index (χ4v) is 4.63. The van der Waals surface area contributed by atoms with Gasteiger partial charge in [-0.05, 0) is 63.2 Å². The molecule has 0 unspecified atom stereocenters. The molecule has 0 aliphatic heterocycles. The van der Waals surface area contributed by atoms with Gasteiger partial charge in [-0.25, -0.2) is 0 Å². The second-order valence-electron chi connectivity index (χ2n) is 8.28. The highest BCUT2D eigenvalue weighted by Gasteiger charge is 2.22. The van der Waals surface area contributed by atoms with Crippen molar-refractivity contribution in [3.8, 4) is 11.4 Å². The zero-order valence-electron chi connectivity index (χ0n) is 20.1. The van der Waals surface area contributed by atoms with Gasteiger partial charge in [0.1, 0.15) is 5.76 Å². The van der Waals surface area contributed by atoms with E-state index in [0.29, 0.717) is 17.5 Å². The number of benzene rings is 2. The number of rotatable bonds is 10. The minimum Gasteiger partial charge on any atom is -0.469 e. The Hall–Kier alpha value is -3.78. The van der Waals surface area contributed by atoms with Crippen molar-refractivity contribution < 1.29 is 9.21 Å². The van der Waals surface area contributed by atoms with E-state index >= 15 is 0 Å². The summed E-state index contributed by atoms with van der Waals surface area (Å²) in [6, 6.07) is 19.8. The van der Waals surface area contributed by atoms with Gasteiger partial charge in [-0.3, -0.25) is 9.36 Å². The average Bonchev–Trinajstić information content (AvgIpc) is 3.45. The highest BCUT2D eigenvalue weighted by Crippen LogP contribution is 2.28. The van der Waals surface area contributed by atoms with E-state index in [1.165, 1.54) is 11.8 Å². The Balaban J connectivity index is 1.47. The average molecular weight is 488 g/mol. The monoisotopic (exact) mass is 487 g/mol. The maximum atomic E-state index is 13.3. The molecular weight excluding hydrogens is 458 g/mol. The quantitative estimate of drug-likeness (QED) is 0.209. The van der Waals surface area contributed by atoms with Crippen molar-refractivity contribution in [2.24, 2.45) is 0 Å². The van der Waals surface area contributed by atoms with E-state index in [4.69, 9.17) is 4.42 Å². The number of nitrogens with one attached hydrogen (secondary N) is 1. The first kappa shape index (κ1) is 24.3. The number of allylic oxidation sites excluding steroid dienone is 1. The van der Waals surface area contributed by atoms with Crippen LogP contribution in [0.15, 0.2) is 89.2 Å². The van der Waals surface area contributed by atoms with Crippen molar-refractivity contribution in [2.45, 2.75) is 38.5 Å². The molecule has 2 aromatic heterocycles.